The maximum atomic E-state index is 13.3. The number of carboxylic acids is 1. The number of nitrogens with one attached hydrogen (secondary N) is 2. The fraction of sp³-hybridized carbons (Fsp3) is 0.273. The largest absolute Gasteiger partial charge is 0.480 e. The highest BCUT2D eigenvalue weighted by atomic mass is 19.4. The number of amides is 1. The Labute approximate surface area is 252 Å². The Morgan fingerprint density at radius 1 is 0.932 bits per heavy atom. The lowest BCUT2D eigenvalue weighted by Gasteiger charge is -2.17. The standard InChI is InChI=1S/C33H33F3N4O4/c1-2-3-7-17-37-32-39-27(24-13-15-26(16-14-24)33(34,35)36)20-29(41)40(32)21-23-11-8-12-25(18-23)30(42)38-28(31(43)44)19-22-9-5-4-6-10-22/h4-6,8-16,18,20,28H,2-3,7,17,19,21H2,1H3,(H,37,39)(H,38,42)(H,43,44). The van der Waals surface area contributed by atoms with Gasteiger partial charge in [0.25, 0.3) is 11.5 Å². The molecule has 1 aromatic heterocycles. The minimum Gasteiger partial charge on any atom is -0.480 e. The van der Waals surface area contributed by atoms with Crippen LogP contribution in [0.15, 0.2) is 89.7 Å². The van der Waals surface area contributed by atoms with E-state index in [1.165, 1.54) is 22.8 Å². The molecule has 0 aliphatic carbocycles. The van der Waals surface area contributed by atoms with Crippen LogP contribution in [0.25, 0.3) is 11.3 Å². The smallest absolute Gasteiger partial charge is 0.416 e. The fourth-order valence-corrected chi connectivity index (χ4v) is 4.63. The van der Waals surface area contributed by atoms with Crippen LogP contribution >= 0.6 is 0 Å². The van der Waals surface area contributed by atoms with E-state index in [0.29, 0.717) is 17.7 Å². The fourth-order valence-electron chi connectivity index (χ4n) is 4.63. The van der Waals surface area contributed by atoms with E-state index in [1.807, 2.05) is 6.07 Å². The van der Waals surface area contributed by atoms with Crippen molar-refractivity contribution in [1.29, 1.82) is 0 Å². The number of nitrogens with zero attached hydrogens (tertiary/aromatic N) is 2. The highest BCUT2D eigenvalue weighted by Crippen LogP contribution is 2.30. The van der Waals surface area contributed by atoms with Crippen molar-refractivity contribution in [3.8, 4) is 11.3 Å². The van der Waals surface area contributed by atoms with Gasteiger partial charge in [0.2, 0.25) is 5.95 Å². The van der Waals surface area contributed by atoms with E-state index in [9.17, 15) is 32.7 Å². The zero-order valence-corrected chi connectivity index (χ0v) is 24.1. The molecule has 4 rings (SSSR count). The van der Waals surface area contributed by atoms with Crippen molar-refractivity contribution >= 4 is 17.8 Å². The van der Waals surface area contributed by atoms with Gasteiger partial charge in [-0.1, -0.05) is 74.4 Å². The predicted octanol–water partition coefficient (Wildman–Crippen LogP) is 6.01. The average Bonchev–Trinajstić information content (AvgIpc) is 3.00. The summed E-state index contributed by atoms with van der Waals surface area (Å²) >= 11 is 0. The molecule has 1 amide bonds. The van der Waals surface area contributed by atoms with Crippen molar-refractivity contribution in [3.63, 3.8) is 0 Å². The summed E-state index contributed by atoms with van der Waals surface area (Å²) in [6.45, 7) is 2.63. The van der Waals surface area contributed by atoms with Gasteiger partial charge in [-0.05, 0) is 41.8 Å². The molecule has 11 heteroatoms. The zero-order chi connectivity index (χ0) is 31.7. The summed E-state index contributed by atoms with van der Waals surface area (Å²) < 4.78 is 40.5. The van der Waals surface area contributed by atoms with Gasteiger partial charge in [-0.25, -0.2) is 9.78 Å². The Kier molecular flexibility index (Phi) is 10.5. The van der Waals surface area contributed by atoms with Crippen LogP contribution in [-0.2, 0) is 23.9 Å². The number of hydrogen-bond donors (Lipinski definition) is 3. The molecule has 1 heterocycles. The quantitative estimate of drug-likeness (QED) is 0.161. The van der Waals surface area contributed by atoms with E-state index >= 15 is 0 Å². The van der Waals surface area contributed by atoms with Crippen LogP contribution in [-0.4, -0.2) is 39.1 Å². The molecule has 230 valence electrons. The summed E-state index contributed by atoms with van der Waals surface area (Å²) in [4.78, 5) is 42.8. The van der Waals surface area contributed by atoms with E-state index in [1.54, 1.807) is 48.5 Å². The molecule has 0 aliphatic heterocycles. The Bertz CT molecular complexity index is 1640. The highest BCUT2D eigenvalue weighted by Gasteiger charge is 2.30. The minimum absolute atomic E-state index is 0.0444. The molecule has 3 aromatic carbocycles. The number of unbranched alkanes of at least 4 members (excludes halogenated alkanes) is 2. The maximum Gasteiger partial charge on any atom is 0.416 e. The lowest BCUT2D eigenvalue weighted by molar-refractivity contribution is -0.139. The van der Waals surface area contributed by atoms with Crippen LogP contribution < -0.4 is 16.2 Å². The van der Waals surface area contributed by atoms with Crippen LogP contribution in [0.2, 0.25) is 0 Å². The third-order valence-electron chi connectivity index (χ3n) is 7.00. The molecule has 8 nitrogen and oxygen atoms in total. The van der Waals surface area contributed by atoms with E-state index in [0.717, 1.165) is 37.0 Å². The monoisotopic (exact) mass is 606 g/mol. The van der Waals surface area contributed by atoms with Gasteiger partial charge in [-0.3, -0.25) is 14.2 Å². The molecule has 0 radical (unpaired) electrons. The van der Waals surface area contributed by atoms with Gasteiger partial charge in [0, 0.05) is 30.2 Å². The summed E-state index contributed by atoms with van der Waals surface area (Å²) in [5, 5.41) is 15.4. The second kappa shape index (κ2) is 14.5. The molecule has 1 atom stereocenters. The molecule has 44 heavy (non-hydrogen) atoms. The van der Waals surface area contributed by atoms with Crippen molar-refractivity contribution in [2.24, 2.45) is 0 Å². The molecule has 3 N–H and O–H groups in total. The van der Waals surface area contributed by atoms with Crippen LogP contribution in [0.1, 0.15) is 53.2 Å². The molecule has 0 saturated heterocycles. The molecule has 1 unspecified atom stereocenters. The number of rotatable bonds is 13. The van der Waals surface area contributed by atoms with E-state index in [2.05, 4.69) is 22.5 Å². The van der Waals surface area contributed by atoms with Crippen LogP contribution in [0.3, 0.4) is 0 Å². The van der Waals surface area contributed by atoms with Gasteiger partial charge in [0.1, 0.15) is 6.04 Å². The summed E-state index contributed by atoms with van der Waals surface area (Å²) in [7, 11) is 0. The number of halogens is 3. The number of aliphatic carboxylic acids is 1. The first-order valence-corrected chi connectivity index (χ1v) is 14.2. The van der Waals surface area contributed by atoms with Gasteiger partial charge < -0.3 is 15.7 Å². The van der Waals surface area contributed by atoms with Gasteiger partial charge in [0.15, 0.2) is 0 Å². The minimum atomic E-state index is -4.48. The number of anilines is 1. The molecule has 4 aromatic rings. The zero-order valence-electron chi connectivity index (χ0n) is 24.1. The molecular formula is C33H33F3N4O4. The van der Waals surface area contributed by atoms with Crippen molar-refractivity contribution in [3.05, 3.63) is 118 Å². The predicted molar refractivity (Wildman–Crippen MR) is 162 cm³/mol. The summed E-state index contributed by atoms with van der Waals surface area (Å²) in [5.41, 5.74) is 0.935. The molecule has 0 aliphatic rings. The van der Waals surface area contributed by atoms with Crippen molar-refractivity contribution < 1.29 is 27.9 Å². The number of hydrogen-bond acceptors (Lipinski definition) is 5. The SMILES string of the molecule is CCCCCNc1nc(-c2ccc(C(F)(F)F)cc2)cc(=O)n1Cc1cccc(C(=O)NC(Cc2ccccc2)C(=O)O)c1. The van der Waals surface area contributed by atoms with Crippen LogP contribution in [0, 0.1) is 0 Å². The summed E-state index contributed by atoms with van der Waals surface area (Å²) in [5.74, 6) is -1.49. The van der Waals surface area contributed by atoms with E-state index < -0.39 is 35.2 Å². The Morgan fingerprint density at radius 2 is 1.64 bits per heavy atom. The summed E-state index contributed by atoms with van der Waals surface area (Å²) in [6.07, 6.45) is -1.62. The lowest BCUT2D eigenvalue weighted by Crippen LogP contribution is -2.42. The number of carbonyl (C=O) groups is 2. The molecule has 0 bridgehead atoms. The van der Waals surface area contributed by atoms with Crippen molar-refractivity contribution in [2.45, 2.75) is 51.4 Å². The number of carbonyl (C=O) groups excluding carboxylic acids is 1. The Hall–Kier alpha value is -4.93. The first-order valence-electron chi connectivity index (χ1n) is 14.2. The maximum absolute atomic E-state index is 13.3. The normalized spacial score (nSPS) is 12.0. The molecular weight excluding hydrogens is 573 g/mol. The third-order valence-corrected chi connectivity index (χ3v) is 7.00. The van der Waals surface area contributed by atoms with E-state index in [4.69, 9.17) is 0 Å². The van der Waals surface area contributed by atoms with Crippen LogP contribution in [0.5, 0.6) is 0 Å². The first-order chi connectivity index (χ1) is 21.0. The summed E-state index contributed by atoms with van der Waals surface area (Å²) in [6, 6.07) is 20.0. The topological polar surface area (TPSA) is 113 Å². The highest BCUT2D eigenvalue weighted by molar-refractivity contribution is 5.96. The van der Waals surface area contributed by atoms with Gasteiger partial charge in [-0.2, -0.15) is 13.2 Å². The van der Waals surface area contributed by atoms with Crippen LogP contribution in [0.4, 0.5) is 19.1 Å². The van der Waals surface area contributed by atoms with Gasteiger partial charge in [0.05, 0.1) is 17.8 Å². The lowest BCUT2D eigenvalue weighted by atomic mass is 10.0. The Balaban J connectivity index is 1.58. The second-order valence-corrected chi connectivity index (χ2v) is 10.4. The first kappa shape index (κ1) is 32.0. The molecule has 0 saturated carbocycles. The average molecular weight is 607 g/mol. The molecule has 0 fully saturated rings. The van der Waals surface area contributed by atoms with Crippen molar-refractivity contribution in [1.82, 2.24) is 14.9 Å². The number of alkyl halides is 3. The number of benzene rings is 3. The van der Waals surface area contributed by atoms with Gasteiger partial charge >= 0.3 is 12.1 Å². The van der Waals surface area contributed by atoms with Gasteiger partial charge in [-0.15, -0.1) is 0 Å². The third kappa shape index (κ3) is 8.56. The Morgan fingerprint density at radius 3 is 2.30 bits per heavy atom. The number of aromatic nitrogens is 2. The van der Waals surface area contributed by atoms with Crippen molar-refractivity contribution in [2.75, 3.05) is 11.9 Å². The second-order valence-electron chi connectivity index (χ2n) is 10.4. The van der Waals surface area contributed by atoms with E-state index in [-0.39, 0.29) is 30.2 Å². The molecule has 0 spiro atoms. The number of carboxylic acid groups (broad SMARTS) is 1.